The number of para-hydroxylation sites is 2. The number of methoxy groups -OCH3 is 1. The van der Waals surface area contributed by atoms with Gasteiger partial charge in [-0.15, -0.1) is 0 Å². The lowest BCUT2D eigenvalue weighted by Crippen LogP contribution is -2.47. The van der Waals surface area contributed by atoms with Crippen LogP contribution in [0.3, 0.4) is 0 Å². The summed E-state index contributed by atoms with van der Waals surface area (Å²) in [5.74, 6) is 0.156. The van der Waals surface area contributed by atoms with Crippen molar-refractivity contribution in [3.8, 4) is 5.75 Å². The van der Waals surface area contributed by atoms with Crippen LogP contribution in [0.2, 0.25) is 0 Å². The molecule has 4 nitrogen and oxygen atoms in total. The summed E-state index contributed by atoms with van der Waals surface area (Å²) in [5.41, 5.74) is 1.93. The summed E-state index contributed by atoms with van der Waals surface area (Å²) < 4.78 is 19.4. The zero-order chi connectivity index (χ0) is 17.1. The summed E-state index contributed by atoms with van der Waals surface area (Å²) in [5, 5.41) is 0. The van der Waals surface area contributed by atoms with Gasteiger partial charge in [0.25, 0.3) is 0 Å². The molecule has 1 aliphatic rings. The second kappa shape index (κ2) is 6.91. The highest BCUT2D eigenvalue weighted by atomic mass is 19.1. The van der Waals surface area contributed by atoms with Crippen molar-refractivity contribution in [3.05, 3.63) is 53.8 Å². The highest BCUT2D eigenvalue weighted by molar-refractivity contribution is 6.00. The average Bonchev–Trinajstić information content (AvgIpc) is 2.61. The van der Waals surface area contributed by atoms with Crippen LogP contribution in [0.15, 0.2) is 42.5 Å². The fraction of sp³-hybridized carbons (Fsp3) is 0.316. The summed E-state index contributed by atoms with van der Waals surface area (Å²) in [6.07, 6.45) is 0. The Morgan fingerprint density at radius 2 is 1.54 bits per heavy atom. The number of hydrogen-bond donors (Lipinski definition) is 0. The van der Waals surface area contributed by atoms with E-state index in [0.717, 1.165) is 37.6 Å². The second-order valence-electron chi connectivity index (χ2n) is 5.84. The van der Waals surface area contributed by atoms with E-state index in [0.29, 0.717) is 5.69 Å². The summed E-state index contributed by atoms with van der Waals surface area (Å²) in [6.45, 7) is 4.43. The molecular weight excluding hydrogens is 307 g/mol. The van der Waals surface area contributed by atoms with E-state index in [-0.39, 0.29) is 11.3 Å². The summed E-state index contributed by atoms with van der Waals surface area (Å²) in [6, 6.07) is 12.7. The molecule has 0 aromatic heterocycles. The molecule has 0 saturated carbocycles. The number of carbonyl (C=O) groups is 1. The third-order valence-corrected chi connectivity index (χ3v) is 4.39. The fourth-order valence-corrected chi connectivity index (χ4v) is 3.20. The van der Waals surface area contributed by atoms with E-state index in [1.807, 2.05) is 30.3 Å². The molecule has 5 heteroatoms. The number of benzene rings is 2. The molecule has 1 aliphatic heterocycles. The minimum absolute atomic E-state index is 0.184. The number of ether oxygens (including phenoxy) is 1. The molecule has 0 unspecified atom stereocenters. The molecule has 2 aromatic rings. The Labute approximate surface area is 141 Å². The largest absolute Gasteiger partial charge is 0.495 e. The Balaban J connectivity index is 1.79. The van der Waals surface area contributed by atoms with Crippen molar-refractivity contribution >= 4 is 17.2 Å². The predicted octanol–water partition coefficient (Wildman–Crippen LogP) is 3.36. The Bertz CT molecular complexity index is 740. The maximum atomic E-state index is 14.0. The molecule has 1 saturated heterocycles. The zero-order valence-electron chi connectivity index (χ0n) is 14.0. The van der Waals surface area contributed by atoms with E-state index in [2.05, 4.69) is 9.80 Å². The van der Waals surface area contributed by atoms with Crippen LogP contribution in [0.4, 0.5) is 15.8 Å². The summed E-state index contributed by atoms with van der Waals surface area (Å²) in [7, 11) is 1.67. The standard InChI is InChI=1S/C19H21FN2O2/c1-14(23)19-15(20)6-5-8-17(19)22-12-10-21(11-13-22)16-7-3-4-9-18(16)24-2/h3-9H,10-13H2,1-2H3. The number of carbonyl (C=O) groups excluding carboxylic acids is 1. The quantitative estimate of drug-likeness (QED) is 0.806. The van der Waals surface area contributed by atoms with Gasteiger partial charge in [-0.05, 0) is 31.2 Å². The van der Waals surface area contributed by atoms with Gasteiger partial charge in [0.15, 0.2) is 5.78 Å². The van der Waals surface area contributed by atoms with E-state index in [4.69, 9.17) is 4.74 Å². The highest BCUT2D eigenvalue weighted by Crippen LogP contribution is 2.30. The smallest absolute Gasteiger partial charge is 0.164 e. The van der Waals surface area contributed by atoms with Crippen molar-refractivity contribution in [3.63, 3.8) is 0 Å². The lowest BCUT2D eigenvalue weighted by atomic mass is 10.1. The van der Waals surface area contributed by atoms with Crippen LogP contribution >= 0.6 is 0 Å². The van der Waals surface area contributed by atoms with Crippen LogP contribution < -0.4 is 14.5 Å². The van der Waals surface area contributed by atoms with Crippen molar-refractivity contribution in [2.75, 3.05) is 43.1 Å². The second-order valence-corrected chi connectivity index (χ2v) is 5.84. The van der Waals surface area contributed by atoms with Crippen LogP contribution in [-0.4, -0.2) is 39.1 Å². The Hall–Kier alpha value is -2.56. The molecule has 3 rings (SSSR count). The van der Waals surface area contributed by atoms with Crippen molar-refractivity contribution in [1.29, 1.82) is 0 Å². The maximum absolute atomic E-state index is 14.0. The first kappa shape index (κ1) is 16.3. The van der Waals surface area contributed by atoms with Crippen LogP contribution in [0, 0.1) is 5.82 Å². The summed E-state index contributed by atoms with van der Waals surface area (Å²) in [4.78, 5) is 16.1. The van der Waals surface area contributed by atoms with E-state index >= 15 is 0 Å². The Morgan fingerprint density at radius 1 is 0.958 bits per heavy atom. The van der Waals surface area contributed by atoms with Crippen LogP contribution in [0.1, 0.15) is 17.3 Å². The molecule has 0 bridgehead atoms. The number of ketones is 1. The molecule has 0 N–H and O–H groups in total. The lowest BCUT2D eigenvalue weighted by molar-refractivity contribution is 0.101. The van der Waals surface area contributed by atoms with E-state index < -0.39 is 5.82 Å². The first-order chi connectivity index (χ1) is 11.6. The van der Waals surface area contributed by atoms with Gasteiger partial charge in [0.1, 0.15) is 11.6 Å². The van der Waals surface area contributed by atoms with E-state index in [1.54, 1.807) is 13.2 Å². The topological polar surface area (TPSA) is 32.8 Å². The molecular formula is C19H21FN2O2. The van der Waals surface area contributed by atoms with Crippen LogP contribution in [-0.2, 0) is 0 Å². The first-order valence-corrected chi connectivity index (χ1v) is 8.04. The number of rotatable bonds is 4. The van der Waals surface area contributed by atoms with Gasteiger partial charge in [-0.3, -0.25) is 4.79 Å². The third-order valence-electron chi connectivity index (χ3n) is 4.39. The van der Waals surface area contributed by atoms with Gasteiger partial charge < -0.3 is 14.5 Å². The normalized spacial score (nSPS) is 14.6. The number of anilines is 2. The maximum Gasteiger partial charge on any atom is 0.164 e. The molecule has 1 heterocycles. The number of piperazine rings is 1. The van der Waals surface area contributed by atoms with Gasteiger partial charge in [-0.2, -0.15) is 0 Å². The van der Waals surface area contributed by atoms with Crippen LogP contribution in [0.5, 0.6) is 5.75 Å². The molecule has 0 amide bonds. The van der Waals surface area contributed by atoms with Gasteiger partial charge in [-0.25, -0.2) is 4.39 Å². The van der Waals surface area contributed by atoms with Crippen molar-refractivity contribution in [2.45, 2.75) is 6.92 Å². The van der Waals surface area contributed by atoms with Gasteiger partial charge in [0.2, 0.25) is 0 Å². The highest BCUT2D eigenvalue weighted by Gasteiger charge is 2.23. The third kappa shape index (κ3) is 3.07. The predicted molar refractivity (Wildman–Crippen MR) is 93.8 cm³/mol. The number of halogens is 1. The summed E-state index contributed by atoms with van der Waals surface area (Å²) >= 11 is 0. The SMILES string of the molecule is COc1ccccc1N1CCN(c2cccc(F)c2C(C)=O)CC1. The van der Waals surface area contributed by atoms with Crippen molar-refractivity contribution in [2.24, 2.45) is 0 Å². The van der Waals surface area contributed by atoms with E-state index in [1.165, 1.54) is 13.0 Å². The Morgan fingerprint density at radius 3 is 2.17 bits per heavy atom. The molecule has 0 radical (unpaired) electrons. The van der Waals surface area contributed by atoms with Gasteiger partial charge >= 0.3 is 0 Å². The molecule has 24 heavy (non-hydrogen) atoms. The van der Waals surface area contributed by atoms with Gasteiger partial charge in [0.05, 0.1) is 24.0 Å². The van der Waals surface area contributed by atoms with Crippen molar-refractivity contribution in [1.82, 2.24) is 0 Å². The van der Waals surface area contributed by atoms with E-state index in [9.17, 15) is 9.18 Å². The van der Waals surface area contributed by atoms with Gasteiger partial charge in [-0.1, -0.05) is 18.2 Å². The first-order valence-electron chi connectivity index (χ1n) is 8.04. The van der Waals surface area contributed by atoms with Gasteiger partial charge in [0, 0.05) is 26.2 Å². The average molecular weight is 328 g/mol. The molecule has 2 aromatic carbocycles. The number of hydrogen-bond acceptors (Lipinski definition) is 4. The lowest BCUT2D eigenvalue weighted by Gasteiger charge is -2.38. The minimum Gasteiger partial charge on any atom is -0.495 e. The Kier molecular flexibility index (Phi) is 4.69. The zero-order valence-corrected chi connectivity index (χ0v) is 14.0. The van der Waals surface area contributed by atoms with Crippen LogP contribution in [0.25, 0.3) is 0 Å². The monoisotopic (exact) mass is 328 g/mol. The number of Topliss-reactive ketones (excluding diaryl/α,β-unsaturated/α-hetero) is 1. The number of nitrogens with zero attached hydrogens (tertiary/aromatic N) is 2. The molecule has 1 fully saturated rings. The van der Waals surface area contributed by atoms with Crippen molar-refractivity contribution < 1.29 is 13.9 Å². The minimum atomic E-state index is -0.452. The molecule has 0 atom stereocenters. The molecule has 0 aliphatic carbocycles. The molecule has 126 valence electrons. The fourth-order valence-electron chi connectivity index (χ4n) is 3.20. The molecule has 0 spiro atoms.